The molecule has 1 aromatic carbocycles. The van der Waals surface area contributed by atoms with Crippen molar-refractivity contribution in [3.63, 3.8) is 0 Å². The van der Waals surface area contributed by atoms with Gasteiger partial charge in [0, 0.05) is 31.7 Å². The Morgan fingerprint density at radius 3 is 2.44 bits per heavy atom. The van der Waals surface area contributed by atoms with Crippen LogP contribution in [0.5, 0.6) is 0 Å². The Morgan fingerprint density at radius 1 is 1.28 bits per heavy atom. The number of nitrogens with zero attached hydrogens (tertiary/aromatic N) is 2. The van der Waals surface area contributed by atoms with E-state index in [-0.39, 0.29) is 5.78 Å². The first-order valence-electron chi connectivity index (χ1n) is 6.49. The van der Waals surface area contributed by atoms with Crippen LogP contribution in [0.2, 0.25) is 0 Å². The van der Waals surface area contributed by atoms with Crippen LogP contribution >= 0.6 is 0 Å². The molecule has 98 valence electrons. The zero-order valence-electron chi connectivity index (χ0n) is 11.1. The Bertz CT molecular complexity index is 437. The van der Waals surface area contributed by atoms with Crippen molar-refractivity contribution in [3.8, 4) is 0 Å². The number of carbonyl (C=O) groups excluding carboxylic acids is 1. The van der Waals surface area contributed by atoms with E-state index in [0.717, 1.165) is 38.4 Å². The molecule has 2 rings (SSSR count). The number of anilines is 2. The van der Waals surface area contributed by atoms with Gasteiger partial charge in [-0.3, -0.25) is 4.79 Å². The summed E-state index contributed by atoms with van der Waals surface area (Å²) in [5.41, 5.74) is 8.49. The van der Waals surface area contributed by atoms with Crippen LogP contribution in [-0.2, 0) is 0 Å². The third-order valence-corrected chi connectivity index (χ3v) is 3.59. The molecule has 0 bridgehead atoms. The largest absolute Gasteiger partial charge is 0.397 e. The lowest BCUT2D eigenvalue weighted by Crippen LogP contribution is -2.46. The highest BCUT2D eigenvalue weighted by atomic mass is 16.1. The number of ketones is 1. The molecule has 4 heteroatoms. The van der Waals surface area contributed by atoms with Crippen LogP contribution in [0.15, 0.2) is 18.2 Å². The summed E-state index contributed by atoms with van der Waals surface area (Å²) >= 11 is 0. The van der Waals surface area contributed by atoms with Gasteiger partial charge < -0.3 is 15.5 Å². The first-order chi connectivity index (χ1) is 8.61. The Kier molecular flexibility index (Phi) is 3.87. The molecule has 1 aliphatic rings. The molecule has 4 nitrogen and oxygen atoms in total. The number of rotatable bonds is 3. The minimum atomic E-state index is 0.0593. The smallest absolute Gasteiger partial charge is 0.159 e. The van der Waals surface area contributed by atoms with Gasteiger partial charge in [0.1, 0.15) is 0 Å². The summed E-state index contributed by atoms with van der Waals surface area (Å²) in [6, 6.07) is 5.61. The number of hydrogen-bond acceptors (Lipinski definition) is 4. The Balaban J connectivity index is 2.12. The van der Waals surface area contributed by atoms with Crippen LogP contribution in [0, 0.1) is 0 Å². The predicted molar refractivity (Wildman–Crippen MR) is 75.2 cm³/mol. The third kappa shape index (κ3) is 2.64. The second-order valence-corrected chi connectivity index (χ2v) is 4.75. The Hall–Kier alpha value is -1.55. The van der Waals surface area contributed by atoms with Crippen molar-refractivity contribution >= 4 is 17.2 Å². The highest BCUT2D eigenvalue weighted by Crippen LogP contribution is 2.25. The monoisotopic (exact) mass is 247 g/mol. The average Bonchev–Trinajstić information content (AvgIpc) is 2.38. The summed E-state index contributed by atoms with van der Waals surface area (Å²) in [5.74, 6) is 0.0593. The molecule has 1 saturated heterocycles. The lowest BCUT2D eigenvalue weighted by Gasteiger charge is -2.36. The van der Waals surface area contributed by atoms with Gasteiger partial charge in [0.2, 0.25) is 0 Å². The van der Waals surface area contributed by atoms with Crippen molar-refractivity contribution in [3.05, 3.63) is 23.8 Å². The number of carbonyl (C=O) groups is 1. The minimum absolute atomic E-state index is 0.0593. The number of piperazine rings is 1. The maximum absolute atomic E-state index is 11.3. The molecular formula is C14H21N3O. The van der Waals surface area contributed by atoms with E-state index in [9.17, 15) is 4.79 Å². The van der Waals surface area contributed by atoms with Crippen LogP contribution < -0.4 is 10.6 Å². The van der Waals surface area contributed by atoms with Crippen LogP contribution in [0.4, 0.5) is 11.4 Å². The molecule has 1 aliphatic heterocycles. The zero-order chi connectivity index (χ0) is 13.1. The van der Waals surface area contributed by atoms with Gasteiger partial charge in [-0.2, -0.15) is 0 Å². The van der Waals surface area contributed by atoms with Gasteiger partial charge in [0.15, 0.2) is 5.78 Å². The van der Waals surface area contributed by atoms with Gasteiger partial charge in [0.05, 0.1) is 11.4 Å². The predicted octanol–water partition coefficient (Wildman–Crippen LogP) is 1.61. The molecule has 0 aliphatic carbocycles. The second kappa shape index (κ2) is 5.40. The molecule has 18 heavy (non-hydrogen) atoms. The van der Waals surface area contributed by atoms with E-state index in [1.807, 2.05) is 12.1 Å². The van der Waals surface area contributed by atoms with Crippen molar-refractivity contribution in [2.24, 2.45) is 0 Å². The van der Waals surface area contributed by atoms with E-state index >= 15 is 0 Å². The number of nitrogens with two attached hydrogens (primary N) is 1. The summed E-state index contributed by atoms with van der Waals surface area (Å²) in [7, 11) is 0. The summed E-state index contributed by atoms with van der Waals surface area (Å²) in [5, 5.41) is 0. The van der Waals surface area contributed by atoms with Gasteiger partial charge in [0.25, 0.3) is 0 Å². The molecular weight excluding hydrogens is 226 g/mol. The van der Waals surface area contributed by atoms with Crippen molar-refractivity contribution in [2.45, 2.75) is 13.8 Å². The summed E-state index contributed by atoms with van der Waals surface area (Å²) in [4.78, 5) is 16.0. The molecule has 1 aromatic rings. The summed E-state index contributed by atoms with van der Waals surface area (Å²) in [6.45, 7) is 9.00. The van der Waals surface area contributed by atoms with Crippen molar-refractivity contribution in [1.29, 1.82) is 0 Å². The number of likely N-dealkylation sites (N-methyl/N-ethyl adjacent to an activating group) is 1. The fourth-order valence-electron chi connectivity index (χ4n) is 2.37. The van der Waals surface area contributed by atoms with Crippen molar-refractivity contribution in [1.82, 2.24) is 4.90 Å². The van der Waals surface area contributed by atoms with Crippen molar-refractivity contribution < 1.29 is 4.79 Å². The van der Waals surface area contributed by atoms with Crippen LogP contribution in [0.3, 0.4) is 0 Å². The molecule has 1 heterocycles. The Morgan fingerprint density at radius 2 is 1.94 bits per heavy atom. The van der Waals surface area contributed by atoms with Gasteiger partial charge in [-0.15, -0.1) is 0 Å². The van der Waals surface area contributed by atoms with E-state index in [4.69, 9.17) is 5.73 Å². The molecule has 1 fully saturated rings. The molecule has 2 N–H and O–H groups in total. The Labute approximate surface area is 108 Å². The van der Waals surface area contributed by atoms with E-state index in [1.54, 1.807) is 13.0 Å². The highest BCUT2D eigenvalue weighted by Gasteiger charge is 2.17. The lowest BCUT2D eigenvalue weighted by atomic mass is 10.1. The quantitative estimate of drug-likeness (QED) is 0.651. The molecule has 0 atom stereocenters. The van der Waals surface area contributed by atoms with Crippen LogP contribution in [0.1, 0.15) is 24.2 Å². The standard InChI is InChI=1S/C14H21N3O/c1-3-16-6-8-17(9-7-16)14-5-4-12(11(2)18)10-13(14)15/h4-5,10H,3,6-9,15H2,1-2H3. The average molecular weight is 247 g/mol. The zero-order valence-corrected chi connectivity index (χ0v) is 11.1. The molecule has 0 radical (unpaired) electrons. The second-order valence-electron chi connectivity index (χ2n) is 4.75. The van der Waals surface area contributed by atoms with Crippen LogP contribution in [-0.4, -0.2) is 43.4 Å². The van der Waals surface area contributed by atoms with E-state index in [1.165, 1.54) is 0 Å². The maximum atomic E-state index is 11.3. The van der Waals surface area contributed by atoms with Crippen molar-refractivity contribution in [2.75, 3.05) is 43.4 Å². The van der Waals surface area contributed by atoms with E-state index < -0.39 is 0 Å². The first-order valence-corrected chi connectivity index (χ1v) is 6.49. The number of hydrogen-bond donors (Lipinski definition) is 1. The summed E-state index contributed by atoms with van der Waals surface area (Å²) in [6.07, 6.45) is 0. The first kappa shape index (κ1) is 12.9. The normalized spacial score (nSPS) is 16.9. The maximum Gasteiger partial charge on any atom is 0.159 e. The van der Waals surface area contributed by atoms with Gasteiger partial charge in [-0.05, 0) is 31.7 Å². The number of Topliss-reactive ketones (excluding diaryl/α,β-unsaturated/α-hetero) is 1. The fraction of sp³-hybridized carbons (Fsp3) is 0.500. The molecule has 0 unspecified atom stereocenters. The summed E-state index contributed by atoms with van der Waals surface area (Å²) < 4.78 is 0. The fourth-order valence-corrected chi connectivity index (χ4v) is 2.37. The van der Waals surface area contributed by atoms with Gasteiger partial charge >= 0.3 is 0 Å². The minimum Gasteiger partial charge on any atom is -0.397 e. The van der Waals surface area contributed by atoms with Gasteiger partial charge in [-0.25, -0.2) is 0 Å². The number of benzene rings is 1. The van der Waals surface area contributed by atoms with Gasteiger partial charge in [-0.1, -0.05) is 6.92 Å². The van der Waals surface area contributed by atoms with Crippen LogP contribution in [0.25, 0.3) is 0 Å². The lowest BCUT2D eigenvalue weighted by molar-refractivity contribution is 0.101. The topological polar surface area (TPSA) is 49.6 Å². The van der Waals surface area contributed by atoms with E-state index in [2.05, 4.69) is 16.7 Å². The SMILES string of the molecule is CCN1CCN(c2ccc(C(C)=O)cc2N)CC1. The number of nitrogen functional groups attached to an aromatic ring is 1. The highest BCUT2D eigenvalue weighted by molar-refractivity contribution is 5.96. The molecule has 0 saturated carbocycles. The molecule has 0 aromatic heterocycles. The molecule has 0 amide bonds. The third-order valence-electron chi connectivity index (χ3n) is 3.59. The molecule has 0 spiro atoms. The van der Waals surface area contributed by atoms with E-state index in [0.29, 0.717) is 11.3 Å².